The second-order valence-corrected chi connectivity index (χ2v) is 7.84. The van der Waals surface area contributed by atoms with Crippen molar-refractivity contribution in [3.05, 3.63) is 36.0 Å². The molecule has 0 bridgehead atoms. The summed E-state index contributed by atoms with van der Waals surface area (Å²) < 4.78 is 11.2. The van der Waals surface area contributed by atoms with E-state index in [9.17, 15) is 19.8 Å². The third-order valence-electron chi connectivity index (χ3n) is 6.31. The van der Waals surface area contributed by atoms with E-state index in [0.717, 1.165) is 5.57 Å². The first-order valence-electron chi connectivity index (χ1n) is 9.11. The predicted octanol–water partition coefficient (Wildman–Crippen LogP) is 0.644. The van der Waals surface area contributed by atoms with Gasteiger partial charge < -0.3 is 24.8 Å². The molecule has 0 aromatic carbocycles. The van der Waals surface area contributed by atoms with Gasteiger partial charge >= 0.3 is 11.9 Å². The van der Waals surface area contributed by atoms with Crippen LogP contribution in [0.15, 0.2) is 36.0 Å². The molecule has 148 valence electrons. The fourth-order valence-corrected chi connectivity index (χ4v) is 4.88. The van der Waals surface area contributed by atoms with Crippen molar-refractivity contribution >= 4 is 11.9 Å². The fraction of sp³-hybridized carbons (Fsp3) is 0.600. The van der Waals surface area contributed by atoms with Crippen LogP contribution in [-0.4, -0.2) is 58.8 Å². The molecule has 6 unspecified atom stereocenters. The molecule has 3 aliphatic rings. The maximum atomic E-state index is 12.4. The van der Waals surface area contributed by atoms with Crippen LogP contribution in [0.2, 0.25) is 0 Å². The number of hydrogen-bond donors (Lipinski definition) is 3. The highest BCUT2D eigenvalue weighted by molar-refractivity contribution is 5.92. The Morgan fingerprint density at radius 3 is 2.74 bits per heavy atom. The van der Waals surface area contributed by atoms with Crippen molar-refractivity contribution in [2.75, 3.05) is 13.2 Å². The minimum Gasteiger partial charge on any atom is -0.458 e. The molecule has 0 aromatic rings. The molecule has 3 rings (SSSR count). The SMILES string of the molecule is C=C1C(=O)OC2C1C(OC(=O)C(=CCO)CO)CC1(C)C(O)CCC(=C)C21. The van der Waals surface area contributed by atoms with Gasteiger partial charge in [0.25, 0.3) is 0 Å². The molecular weight excluding hydrogens is 352 g/mol. The highest BCUT2D eigenvalue weighted by Gasteiger charge is 2.62. The first-order chi connectivity index (χ1) is 12.7. The lowest BCUT2D eigenvalue weighted by atomic mass is 9.53. The minimum absolute atomic E-state index is 0.0641. The van der Waals surface area contributed by atoms with E-state index in [4.69, 9.17) is 14.6 Å². The van der Waals surface area contributed by atoms with Crippen molar-refractivity contribution < 1.29 is 34.4 Å². The Hall–Kier alpha value is -1.96. The Bertz CT molecular complexity index is 709. The van der Waals surface area contributed by atoms with Crippen molar-refractivity contribution in [3.63, 3.8) is 0 Å². The van der Waals surface area contributed by atoms with Gasteiger partial charge in [-0.15, -0.1) is 0 Å². The molecule has 27 heavy (non-hydrogen) atoms. The number of aliphatic hydroxyl groups excluding tert-OH is 3. The average molecular weight is 378 g/mol. The van der Waals surface area contributed by atoms with Gasteiger partial charge in [0.15, 0.2) is 0 Å². The predicted molar refractivity (Wildman–Crippen MR) is 95.2 cm³/mol. The zero-order valence-electron chi connectivity index (χ0n) is 15.4. The quantitative estimate of drug-likeness (QED) is 0.374. The number of aliphatic hydroxyl groups is 3. The lowest BCUT2D eigenvalue weighted by Gasteiger charge is -2.54. The third-order valence-corrected chi connectivity index (χ3v) is 6.31. The molecule has 0 aromatic heterocycles. The first-order valence-corrected chi connectivity index (χ1v) is 9.11. The van der Waals surface area contributed by atoms with Gasteiger partial charge in [-0.05, 0) is 25.3 Å². The number of carbonyl (C=O) groups excluding carboxylic acids is 2. The topological polar surface area (TPSA) is 113 Å². The van der Waals surface area contributed by atoms with E-state index < -0.39 is 54.8 Å². The van der Waals surface area contributed by atoms with Gasteiger partial charge in [-0.3, -0.25) is 0 Å². The Balaban J connectivity index is 1.95. The summed E-state index contributed by atoms with van der Waals surface area (Å²) in [7, 11) is 0. The molecule has 6 atom stereocenters. The van der Waals surface area contributed by atoms with Crippen LogP contribution in [0.1, 0.15) is 26.2 Å². The molecule has 1 saturated heterocycles. The van der Waals surface area contributed by atoms with Crippen LogP contribution in [-0.2, 0) is 19.1 Å². The standard InChI is InChI=1S/C20H26O7/c1-10-4-5-14(23)20(3)8-13(26-19(25)12(9-22)6-7-21)15-11(2)18(24)27-17(15)16(10)20/h6,13-17,21-23H,1-2,4-5,7-9H2,3H3. The Kier molecular flexibility index (Phi) is 5.29. The second-order valence-electron chi connectivity index (χ2n) is 7.84. The monoisotopic (exact) mass is 378 g/mol. The van der Waals surface area contributed by atoms with Gasteiger partial charge in [0, 0.05) is 16.9 Å². The van der Waals surface area contributed by atoms with Crippen molar-refractivity contribution in [2.24, 2.45) is 17.3 Å². The van der Waals surface area contributed by atoms with Gasteiger partial charge in [0.2, 0.25) is 0 Å². The molecule has 3 N–H and O–H groups in total. The summed E-state index contributed by atoms with van der Waals surface area (Å²) in [4.78, 5) is 24.6. The van der Waals surface area contributed by atoms with Crippen molar-refractivity contribution in [3.8, 4) is 0 Å². The zero-order valence-corrected chi connectivity index (χ0v) is 15.4. The molecule has 1 aliphatic heterocycles. The lowest BCUT2D eigenvalue weighted by molar-refractivity contribution is -0.175. The first kappa shape index (κ1) is 19.8. The van der Waals surface area contributed by atoms with Gasteiger partial charge in [-0.25, -0.2) is 9.59 Å². The maximum absolute atomic E-state index is 12.4. The van der Waals surface area contributed by atoms with E-state index in [1.807, 2.05) is 6.92 Å². The van der Waals surface area contributed by atoms with Crippen LogP contribution < -0.4 is 0 Å². The van der Waals surface area contributed by atoms with Gasteiger partial charge in [-0.1, -0.05) is 25.7 Å². The number of ether oxygens (including phenoxy) is 2. The Labute approximate surface area is 158 Å². The molecule has 3 fully saturated rings. The van der Waals surface area contributed by atoms with Crippen LogP contribution in [0.25, 0.3) is 0 Å². The number of carbonyl (C=O) groups is 2. The van der Waals surface area contributed by atoms with Crippen molar-refractivity contribution in [1.29, 1.82) is 0 Å². The summed E-state index contributed by atoms with van der Waals surface area (Å²) in [5.41, 5.74) is 0.434. The summed E-state index contributed by atoms with van der Waals surface area (Å²) >= 11 is 0. The van der Waals surface area contributed by atoms with Gasteiger partial charge in [0.1, 0.15) is 12.2 Å². The van der Waals surface area contributed by atoms with Crippen LogP contribution in [0, 0.1) is 17.3 Å². The molecule has 1 heterocycles. The zero-order chi connectivity index (χ0) is 19.9. The average Bonchev–Trinajstić information content (AvgIpc) is 2.91. The number of esters is 2. The van der Waals surface area contributed by atoms with E-state index in [2.05, 4.69) is 13.2 Å². The molecule has 2 saturated carbocycles. The summed E-state index contributed by atoms with van der Waals surface area (Å²) in [6, 6.07) is 0. The van der Waals surface area contributed by atoms with Crippen molar-refractivity contribution in [1.82, 2.24) is 0 Å². The highest BCUT2D eigenvalue weighted by atomic mass is 16.6. The van der Waals surface area contributed by atoms with E-state index in [-0.39, 0.29) is 17.1 Å². The second kappa shape index (κ2) is 7.22. The Morgan fingerprint density at radius 2 is 2.11 bits per heavy atom. The number of fused-ring (bicyclic) bond motifs is 3. The van der Waals surface area contributed by atoms with Crippen LogP contribution >= 0.6 is 0 Å². The molecule has 0 spiro atoms. The van der Waals surface area contributed by atoms with Crippen LogP contribution in [0.3, 0.4) is 0 Å². The lowest BCUT2D eigenvalue weighted by Crippen LogP contribution is -2.58. The smallest absolute Gasteiger partial charge is 0.336 e. The summed E-state index contributed by atoms with van der Waals surface area (Å²) in [5.74, 6) is -2.07. The largest absolute Gasteiger partial charge is 0.458 e. The molecule has 2 aliphatic carbocycles. The maximum Gasteiger partial charge on any atom is 0.336 e. The third kappa shape index (κ3) is 3.13. The van der Waals surface area contributed by atoms with E-state index >= 15 is 0 Å². The molecule has 0 radical (unpaired) electrons. The van der Waals surface area contributed by atoms with Crippen LogP contribution in [0.5, 0.6) is 0 Å². The number of rotatable bonds is 4. The molecule has 7 nitrogen and oxygen atoms in total. The van der Waals surface area contributed by atoms with Crippen LogP contribution in [0.4, 0.5) is 0 Å². The molecule has 7 heteroatoms. The van der Waals surface area contributed by atoms with E-state index in [0.29, 0.717) is 19.3 Å². The van der Waals surface area contributed by atoms with E-state index in [1.165, 1.54) is 6.08 Å². The molecule has 0 amide bonds. The summed E-state index contributed by atoms with van der Waals surface area (Å²) in [5, 5.41) is 29.0. The molecular formula is C20H26O7. The number of hydrogen-bond acceptors (Lipinski definition) is 7. The minimum atomic E-state index is -0.770. The van der Waals surface area contributed by atoms with E-state index in [1.54, 1.807) is 0 Å². The van der Waals surface area contributed by atoms with Crippen molar-refractivity contribution in [2.45, 2.75) is 44.5 Å². The summed E-state index contributed by atoms with van der Waals surface area (Å²) in [6.07, 6.45) is 0.708. The highest BCUT2D eigenvalue weighted by Crippen LogP contribution is 2.57. The van der Waals surface area contributed by atoms with Gasteiger partial charge in [0.05, 0.1) is 30.8 Å². The Morgan fingerprint density at radius 1 is 1.41 bits per heavy atom. The van der Waals surface area contributed by atoms with Gasteiger partial charge in [-0.2, -0.15) is 0 Å². The normalized spacial score (nSPS) is 38.9. The summed E-state index contributed by atoms with van der Waals surface area (Å²) in [6.45, 7) is 8.87. The fourth-order valence-electron chi connectivity index (χ4n) is 4.88.